The van der Waals surface area contributed by atoms with Crippen molar-refractivity contribution < 1.29 is 4.79 Å². The van der Waals surface area contributed by atoms with E-state index in [1.165, 1.54) is 17.5 Å². The summed E-state index contributed by atoms with van der Waals surface area (Å²) >= 11 is 7.15. The molecule has 7 heteroatoms. The zero-order valence-electron chi connectivity index (χ0n) is 9.55. The molecule has 2 heterocycles. The van der Waals surface area contributed by atoms with Crippen molar-refractivity contribution >= 4 is 34.7 Å². The second kappa shape index (κ2) is 5.43. The Labute approximate surface area is 113 Å². The molecule has 1 unspecified atom stereocenters. The molecule has 18 heavy (non-hydrogen) atoms. The fourth-order valence-corrected chi connectivity index (χ4v) is 2.17. The fraction of sp³-hybridized carbons (Fsp3) is 0.182. The molecule has 2 aromatic rings. The summed E-state index contributed by atoms with van der Waals surface area (Å²) in [5.41, 5.74) is 6.01. The summed E-state index contributed by atoms with van der Waals surface area (Å²) in [5, 5.41) is 5.52. The lowest BCUT2D eigenvalue weighted by Gasteiger charge is -2.02. The molecule has 0 saturated carbocycles. The Morgan fingerprint density at radius 3 is 3.00 bits per heavy atom. The Balaban J connectivity index is 2.12. The number of nitrogens with one attached hydrogen (secondary N) is 1. The first-order valence-electron chi connectivity index (χ1n) is 5.20. The Bertz CT molecular complexity index is 570. The van der Waals surface area contributed by atoms with E-state index < -0.39 is 0 Å². The summed E-state index contributed by atoms with van der Waals surface area (Å²) in [7, 11) is 0. The van der Waals surface area contributed by atoms with E-state index in [1.807, 2.05) is 6.92 Å². The van der Waals surface area contributed by atoms with Gasteiger partial charge in [0, 0.05) is 16.6 Å². The van der Waals surface area contributed by atoms with Crippen LogP contribution in [0.25, 0.3) is 0 Å². The molecule has 1 amide bonds. The number of hydrogen-bond donors (Lipinski definition) is 2. The van der Waals surface area contributed by atoms with E-state index in [4.69, 9.17) is 17.3 Å². The van der Waals surface area contributed by atoms with E-state index in [1.54, 1.807) is 17.5 Å². The average Bonchev–Trinajstić information content (AvgIpc) is 2.78. The minimum atomic E-state index is -0.326. The number of hydrogen-bond acceptors (Lipinski definition) is 5. The normalized spacial score (nSPS) is 12.2. The predicted molar refractivity (Wildman–Crippen MR) is 71.9 cm³/mol. The van der Waals surface area contributed by atoms with Crippen molar-refractivity contribution in [1.82, 2.24) is 9.97 Å². The van der Waals surface area contributed by atoms with Gasteiger partial charge in [0.2, 0.25) is 0 Å². The molecule has 0 fully saturated rings. The smallest absolute Gasteiger partial charge is 0.276 e. The van der Waals surface area contributed by atoms with Crippen molar-refractivity contribution in [3.63, 3.8) is 0 Å². The molecular formula is C11H11ClN4OS. The monoisotopic (exact) mass is 282 g/mol. The maximum Gasteiger partial charge on any atom is 0.276 e. The molecule has 0 bridgehead atoms. The predicted octanol–water partition coefficient (Wildman–Crippen LogP) is 2.46. The quantitative estimate of drug-likeness (QED) is 0.906. The molecule has 2 aromatic heterocycles. The number of thiazole rings is 1. The zero-order valence-corrected chi connectivity index (χ0v) is 11.1. The maximum absolute atomic E-state index is 11.9. The molecule has 0 aliphatic heterocycles. The zero-order chi connectivity index (χ0) is 13.1. The Morgan fingerprint density at radius 2 is 2.39 bits per heavy atom. The van der Waals surface area contributed by atoms with Crippen LogP contribution in [-0.4, -0.2) is 15.9 Å². The molecule has 0 aliphatic rings. The van der Waals surface area contributed by atoms with Crippen LogP contribution in [0.3, 0.4) is 0 Å². The van der Waals surface area contributed by atoms with Gasteiger partial charge in [-0.2, -0.15) is 0 Å². The number of pyridine rings is 1. The van der Waals surface area contributed by atoms with Gasteiger partial charge in [0.15, 0.2) is 0 Å². The van der Waals surface area contributed by atoms with Crippen LogP contribution in [0.15, 0.2) is 23.7 Å². The largest absolute Gasteiger partial charge is 0.322 e. The van der Waals surface area contributed by atoms with Crippen molar-refractivity contribution in [2.75, 3.05) is 5.32 Å². The van der Waals surface area contributed by atoms with E-state index in [2.05, 4.69) is 15.3 Å². The van der Waals surface area contributed by atoms with Gasteiger partial charge in [0.25, 0.3) is 5.91 Å². The van der Waals surface area contributed by atoms with Crippen LogP contribution in [0, 0.1) is 0 Å². The highest BCUT2D eigenvalue weighted by Crippen LogP contribution is 2.17. The van der Waals surface area contributed by atoms with Gasteiger partial charge < -0.3 is 11.1 Å². The minimum absolute atomic E-state index is 0.180. The minimum Gasteiger partial charge on any atom is -0.322 e. The second-order valence-corrected chi connectivity index (χ2v) is 5.00. The van der Waals surface area contributed by atoms with Crippen LogP contribution in [0.4, 0.5) is 5.82 Å². The van der Waals surface area contributed by atoms with Crippen molar-refractivity contribution in [3.05, 3.63) is 39.4 Å². The molecule has 94 valence electrons. The number of anilines is 1. The summed E-state index contributed by atoms with van der Waals surface area (Å²) in [6.45, 7) is 1.82. The number of amides is 1. The van der Waals surface area contributed by atoms with Crippen molar-refractivity contribution in [1.29, 1.82) is 0 Å². The van der Waals surface area contributed by atoms with Crippen LogP contribution in [0.5, 0.6) is 0 Å². The molecule has 3 N–H and O–H groups in total. The third-order valence-electron chi connectivity index (χ3n) is 2.11. The molecule has 2 rings (SSSR count). The number of halogens is 1. The van der Waals surface area contributed by atoms with Crippen LogP contribution < -0.4 is 11.1 Å². The van der Waals surface area contributed by atoms with Crippen molar-refractivity contribution in [3.8, 4) is 0 Å². The van der Waals surface area contributed by atoms with Gasteiger partial charge in [0.1, 0.15) is 16.5 Å². The standard InChI is InChI=1S/C11H11ClN4OS/c1-6(13)11-15-8(5-18-11)10(17)16-9-4-7(12)2-3-14-9/h2-6H,13H2,1H3,(H,14,16,17). The van der Waals surface area contributed by atoms with Gasteiger partial charge in [-0.15, -0.1) is 11.3 Å². The van der Waals surface area contributed by atoms with Gasteiger partial charge in [-0.05, 0) is 19.1 Å². The van der Waals surface area contributed by atoms with E-state index in [0.717, 1.165) is 5.01 Å². The van der Waals surface area contributed by atoms with E-state index in [9.17, 15) is 4.79 Å². The topological polar surface area (TPSA) is 80.9 Å². The highest BCUT2D eigenvalue weighted by Gasteiger charge is 2.13. The first-order valence-corrected chi connectivity index (χ1v) is 6.46. The molecular weight excluding hydrogens is 272 g/mol. The van der Waals surface area contributed by atoms with E-state index in [-0.39, 0.29) is 11.9 Å². The van der Waals surface area contributed by atoms with Crippen molar-refractivity contribution in [2.45, 2.75) is 13.0 Å². The second-order valence-electron chi connectivity index (χ2n) is 3.67. The number of nitrogens with two attached hydrogens (primary N) is 1. The summed E-state index contributed by atoms with van der Waals surface area (Å²) in [6.07, 6.45) is 1.52. The summed E-state index contributed by atoms with van der Waals surface area (Å²) < 4.78 is 0. The molecule has 0 aromatic carbocycles. The maximum atomic E-state index is 11.9. The highest BCUT2D eigenvalue weighted by atomic mass is 35.5. The number of carbonyl (C=O) groups excluding carboxylic acids is 1. The molecule has 0 saturated heterocycles. The summed E-state index contributed by atoms with van der Waals surface area (Å²) in [4.78, 5) is 20.0. The van der Waals surface area contributed by atoms with Crippen LogP contribution in [0.2, 0.25) is 5.02 Å². The summed E-state index contributed by atoms with van der Waals surface area (Å²) in [6, 6.07) is 3.02. The third-order valence-corrected chi connectivity index (χ3v) is 3.39. The van der Waals surface area contributed by atoms with Crippen LogP contribution >= 0.6 is 22.9 Å². The Hall–Kier alpha value is -1.50. The lowest BCUT2D eigenvalue weighted by molar-refractivity contribution is 0.102. The SMILES string of the molecule is CC(N)c1nc(C(=O)Nc2cc(Cl)ccn2)cs1. The van der Waals surface area contributed by atoms with Crippen LogP contribution in [-0.2, 0) is 0 Å². The van der Waals surface area contributed by atoms with Gasteiger partial charge in [0.05, 0.1) is 6.04 Å². The van der Waals surface area contributed by atoms with Gasteiger partial charge in [-0.1, -0.05) is 11.6 Å². The molecule has 0 radical (unpaired) electrons. The molecule has 5 nitrogen and oxygen atoms in total. The van der Waals surface area contributed by atoms with E-state index >= 15 is 0 Å². The molecule has 1 atom stereocenters. The third kappa shape index (κ3) is 3.04. The lowest BCUT2D eigenvalue weighted by atomic mass is 10.4. The highest BCUT2D eigenvalue weighted by molar-refractivity contribution is 7.09. The Morgan fingerprint density at radius 1 is 1.61 bits per heavy atom. The van der Waals surface area contributed by atoms with Gasteiger partial charge >= 0.3 is 0 Å². The molecule has 0 spiro atoms. The number of rotatable bonds is 3. The number of carbonyl (C=O) groups is 1. The Kier molecular flexibility index (Phi) is 3.90. The first kappa shape index (κ1) is 12.9. The summed E-state index contributed by atoms with van der Waals surface area (Å²) in [5.74, 6) is 0.0655. The molecule has 0 aliphatic carbocycles. The lowest BCUT2D eigenvalue weighted by Crippen LogP contribution is -2.14. The first-order chi connectivity index (χ1) is 8.56. The van der Waals surface area contributed by atoms with Gasteiger partial charge in [-0.25, -0.2) is 9.97 Å². The average molecular weight is 283 g/mol. The number of nitrogens with zero attached hydrogens (tertiary/aromatic N) is 2. The number of aromatic nitrogens is 2. The van der Waals surface area contributed by atoms with Gasteiger partial charge in [-0.3, -0.25) is 4.79 Å². The van der Waals surface area contributed by atoms with E-state index in [0.29, 0.717) is 16.5 Å². The van der Waals surface area contributed by atoms with Crippen molar-refractivity contribution in [2.24, 2.45) is 5.73 Å². The van der Waals surface area contributed by atoms with Crippen LogP contribution in [0.1, 0.15) is 28.5 Å². The fourth-order valence-electron chi connectivity index (χ4n) is 1.25.